The van der Waals surface area contributed by atoms with E-state index < -0.39 is 0 Å². The van der Waals surface area contributed by atoms with Crippen LogP contribution in [0.4, 0.5) is 0 Å². The lowest BCUT2D eigenvalue weighted by Gasteiger charge is -2.21. The Balaban J connectivity index is 1.80. The van der Waals surface area contributed by atoms with Gasteiger partial charge in [-0.05, 0) is 22.1 Å². The molecule has 2 aromatic rings. The molecule has 26 heavy (non-hydrogen) atoms. The van der Waals surface area contributed by atoms with Crippen molar-refractivity contribution in [3.8, 4) is 0 Å². The average Bonchev–Trinajstić information content (AvgIpc) is 3.05. The Morgan fingerprint density at radius 3 is 2.27 bits per heavy atom. The van der Waals surface area contributed by atoms with E-state index in [0.717, 1.165) is 19.6 Å². The number of hydrogen-bond donors (Lipinski definition) is 0. The standard InChI is InChI=1S/C23H29NO2/c1-23(2,3)19-12-10-18(11-13-19)20-15-24(16-21(20)22(25)26-4)14-17-8-6-5-7-9-17/h5-13,20-21H,14-16H2,1-4H3. The van der Waals surface area contributed by atoms with Crippen molar-refractivity contribution >= 4 is 5.97 Å². The van der Waals surface area contributed by atoms with Gasteiger partial charge in [-0.1, -0.05) is 75.4 Å². The molecule has 138 valence electrons. The van der Waals surface area contributed by atoms with E-state index in [9.17, 15) is 4.79 Å². The summed E-state index contributed by atoms with van der Waals surface area (Å²) in [6.07, 6.45) is 0. The molecule has 2 atom stereocenters. The van der Waals surface area contributed by atoms with Crippen LogP contribution in [0, 0.1) is 5.92 Å². The van der Waals surface area contributed by atoms with Gasteiger partial charge in [0.1, 0.15) is 0 Å². The third-order valence-electron chi connectivity index (χ3n) is 5.35. The molecular formula is C23H29NO2. The predicted molar refractivity (Wildman–Crippen MR) is 105 cm³/mol. The van der Waals surface area contributed by atoms with Crippen molar-refractivity contribution in [2.45, 2.75) is 38.6 Å². The molecule has 0 aliphatic carbocycles. The van der Waals surface area contributed by atoms with Gasteiger partial charge >= 0.3 is 5.97 Å². The van der Waals surface area contributed by atoms with Crippen LogP contribution in [-0.2, 0) is 21.5 Å². The summed E-state index contributed by atoms with van der Waals surface area (Å²) in [5.74, 6) is -0.0326. The van der Waals surface area contributed by atoms with Gasteiger partial charge < -0.3 is 4.74 Å². The zero-order chi connectivity index (χ0) is 18.7. The fourth-order valence-corrected chi connectivity index (χ4v) is 3.81. The first kappa shape index (κ1) is 18.7. The lowest BCUT2D eigenvalue weighted by molar-refractivity contribution is -0.145. The summed E-state index contributed by atoms with van der Waals surface area (Å²) in [7, 11) is 1.49. The Morgan fingerprint density at radius 2 is 1.69 bits per heavy atom. The molecule has 1 heterocycles. The number of benzene rings is 2. The number of nitrogens with zero attached hydrogens (tertiary/aromatic N) is 1. The first-order valence-corrected chi connectivity index (χ1v) is 9.33. The maximum Gasteiger partial charge on any atom is 0.310 e. The molecule has 0 N–H and O–H groups in total. The fraction of sp³-hybridized carbons (Fsp3) is 0.435. The monoisotopic (exact) mass is 351 g/mol. The molecule has 3 heteroatoms. The largest absolute Gasteiger partial charge is 0.469 e. The zero-order valence-electron chi connectivity index (χ0n) is 16.2. The molecule has 0 spiro atoms. The maximum absolute atomic E-state index is 12.4. The molecule has 1 aliphatic heterocycles. The lowest BCUT2D eigenvalue weighted by atomic mass is 9.83. The van der Waals surface area contributed by atoms with E-state index in [1.54, 1.807) is 0 Å². The third kappa shape index (κ3) is 4.16. The Hall–Kier alpha value is -2.13. The van der Waals surface area contributed by atoms with Crippen LogP contribution in [0.5, 0.6) is 0 Å². The second-order valence-corrected chi connectivity index (χ2v) is 8.29. The molecule has 0 bridgehead atoms. The normalized spacial score (nSPS) is 20.9. The van der Waals surface area contributed by atoms with Crippen molar-refractivity contribution in [2.75, 3.05) is 20.2 Å². The van der Waals surface area contributed by atoms with Gasteiger partial charge in [-0.25, -0.2) is 0 Å². The smallest absolute Gasteiger partial charge is 0.310 e. The number of hydrogen-bond acceptors (Lipinski definition) is 3. The number of carbonyl (C=O) groups is 1. The molecule has 0 amide bonds. The zero-order valence-corrected chi connectivity index (χ0v) is 16.2. The van der Waals surface area contributed by atoms with Crippen molar-refractivity contribution in [1.29, 1.82) is 0 Å². The summed E-state index contributed by atoms with van der Waals surface area (Å²) < 4.78 is 5.10. The van der Waals surface area contributed by atoms with Gasteiger partial charge in [0.15, 0.2) is 0 Å². The topological polar surface area (TPSA) is 29.5 Å². The Kier molecular flexibility index (Phi) is 5.47. The molecule has 1 aliphatic rings. The third-order valence-corrected chi connectivity index (χ3v) is 5.35. The highest BCUT2D eigenvalue weighted by Crippen LogP contribution is 2.35. The summed E-state index contributed by atoms with van der Waals surface area (Å²) >= 11 is 0. The van der Waals surface area contributed by atoms with E-state index in [2.05, 4.69) is 74.2 Å². The van der Waals surface area contributed by atoms with Gasteiger partial charge in [0.05, 0.1) is 13.0 Å². The van der Waals surface area contributed by atoms with Crippen molar-refractivity contribution in [3.05, 3.63) is 71.3 Å². The molecule has 3 nitrogen and oxygen atoms in total. The molecule has 0 saturated carbocycles. The number of ether oxygens (including phenoxy) is 1. The van der Waals surface area contributed by atoms with Gasteiger partial charge in [-0.15, -0.1) is 0 Å². The van der Waals surface area contributed by atoms with Crippen LogP contribution < -0.4 is 0 Å². The molecule has 1 saturated heterocycles. The van der Waals surface area contributed by atoms with E-state index in [-0.39, 0.29) is 23.2 Å². The van der Waals surface area contributed by atoms with E-state index in [0.29, 0.717) is 0 Å². The van der Waals surface area contributed by atoms with Crippen LogP contribution in [0.15, 0.2) is 54.6 Å². The highest BCUT2D eigenvalue weighted by atomic mass is 16.5. The SMILES string of the molecule is COC(=O)C1CN(Cc2ccccc2)CC1c1ccc(C(C)(C)C)cc1. The first-order valence-electron chi connectivity index (χ1n) is 9.33. The molecule has 0 aromatic heterocycles. The average molecular weight is 351 g/mol. The second-order valence-electron chi connectivity index (χ2n) is 8.29. The molecule has 2 unspecified atom stereocenters. The number of methoxy groups -OCH3 is 1. The van der Waals surface area contributed by atoms with E-state index in [1.165, 1.54) is 23.8 Å². The van der Waals surface area contributed by atoms with Crippen LogP contribution in [0.1, 0.15) is 43.4 Å². The highest BCUT2D eigenvalue weighted by Gasteiger charge is 2.39. The minimum absolute atomic E-state index is 0.106. The Morgan fingerprint density at radius 1 is 1.04 bits per heavy atom. The highest BCUT2D eigenvalue weighted by molar-refractivity contribution is 5.74. The Labute approximate surface area is 157 Å². The number of carbonyl (C=O) groups excluding carboxylic acids is 1. The van der Waals surface area contributed by atoms with Gasteiger partial charge in [0.25, 0.3) is 0 Å². The van der Waals surface area contributed by atoms with Crippen molar-refractivity contribution < 1.29 is 9.53 Å². The minimum atomic E-state index is -0.107. The predicted octanol–water partition coefficient (Wildman–Crippen LogP) is 4.37. The van der Waals surface area contributed by atoms with E-state index in [1.807, 2.05) is 6.07 Å². The summed E-state index contributed by atoms with van der Waals surface area (Å²) in [5, 5.41) is 0. The lowest BCUT2D eigenvalue weighted by Crippen LogP contribution is -2.24. The molecule has 1 fully saturated rings. The molecule has 0 radical (unpaired) electrons. The minimum Gasteiger partial charge on any atom is -0.469 e. The quantitative estimate of drug-likeness (QED) is 0.766. The number of rotatable bonds is 4. The van der Waals surface area contributed by atoms with Gasteiger partial charge in [0, 0.05) is 25.6 Å². The van der Waals surface area contributed by atoms with Crippen molar-refractivity contribution in [2.24, 2.45) is 5.92 Å². The maximum atomic E-state index is 12.4. The van der Waals surface area contributed by atoms with Gasteiger partial charge in [-0.3, -0.25) is 9.69 Å². The summed E-state index contributed by atoms with van der Waals surface area (Å²) in [6, 6.07) is 19.2. The number of likely N-dealkylation sites (tertiary alicyclic amines) is 1. The summed E-state index contributed by atoms with van der Waals surface area (Å²) in [6.45, 7) is 9.14. The van der Waals surface area contributed by atoms with E-state index in [4.69, 9.17) is 4.74 Å². The second kappa shape index (κ2) is 7.63. The van der Waals surface area contributed by atoms with Gasteiger partial charge in [0.2, 0.25) is 0 Å². The Bertz CT molecular complexity index is 731. The first-order chi connectivity index (χ1) is 12.4. The summed E-state index contributed by atoms with van der Waals surface area (Å²) in [4.78, 5) is 14.7. The van der Waals surface area contributed by atoms with Crippen LogP contribution in [0.25, 0.3) is 0 Å². The molecule has 3 rings (SSSR count). The molecule has 2 aromatic carbocycles. The van der Waals surface area contributed by atoms with Crippen LogP contribution in [0.2, 0.25) is 0 Å². The van der Waals surface area contributed by atoms with E-state index >= 15 is 0 Å². The number of esters is 1. The fourth-order valence-electron chi connectivity index (χ4n) is 3.81. The van der Waals surface area contributed by atoms with Crippen molar-refractivity contribution in [3.63, 3.8) is 0 Å². The van der Waals surface area contributed by atoms with Crippen LogP contribution in [0.3, 0.4) is 0 Å². The van der Waals surface area contributed by atoms with Crippen LogP contribution in [-0.4, -0.2) is 31.1 Å². The summed E-state index contributed by atoms with van der Waals surface area (Å²) in [5.41, 5.74) is 3.95. The van der Waals surface area contributed by atoms with Gasteiger partial charge in [-0.2, -0.15) is 0 Å². The van der Waals surface area contributed by atoms with Crippen LogP contribution >= 0.6 is 0 Å². The molecular weight excluding hydrogens is 322 g/mol. The van der Waals surface area contributed by atoms with Crippen molar-refractivity contribution in [1.82, 2.24) is 4.90 Å².